The molecule has 0 aliphatic carbocycles. The normalized spacial score (nSPS) is 9.89. The Hall–Kier alpha value is -2.47. The van der Waals surface area contributed by atoms with Crippen LogP contribution in [0.15, 0.2) is 42.5 Å². The standard InChI is InChI=1S/C16H17N3/c1-12-2-4-13(5-3-12)11-19-15-6-7-16(18)14(10-15)8-9-17/h2-7,10,19H,8,11,18H2,1H3. The van der Waals surface area contributed by atoms with Gasteiger partial charge in [0.05, 0.1) is 12.5 Å². The van der Waals surface area contributed by atoms with Crippen LogP contribution in [-0.4, -0.2) is 0 Å². The van der Waals surface area contributed by atoms with E-state index in [1.54, 1.807) is 0 Å². The molecule has 0 aromatic heterocycles. The summed E-state index contributed by atoms with van der Waals surface area (Å²) < 4.78 is 0. The van der Waals surface area contributed by atoms with Gasteiger partial charge in [-0.25, -0.2) is 0 Å². The molecule has 0 saturated heterocycles. The second kappa shape index (κ2) is 5.92. The fourth-order valence-corrected chi connectivity index (χ4v) is 1.86. The van der Waals surface area contributed by atoms with E-state index >= 15 is 0 Å². The van der Waals surface area contributed by atoms with E-state index in [0.29, 0.717) is 12.1 Å². The summed E-state index contributed by atoms with van der Waals surface area (Å²) in [4.78, 5) is 0. The Labute approximate surface area is 113 Å². The lowest BCUT2D eigenvalue weighted by Gasteiger charge is -2.09. The van der Waals surface area contributed by atoms with E-state index in [9.17, 15) is 0 Å². The molecule has 0 saturated carbocycles. The number of anilines is 2. The second-order valence-electron chi connectivity index (χ2n) is 4.59. The van der Waals surface area contributed by atoms with Gasteiger partial charge in [-0.2, -0.15) is 5.26 Å². The summed E-state index contributed by atoms with van der Waals surface area (Å²) in [5.41, 5.74) is 10.8. The number of hydrogen-bond acceptors (Lipinski definition) is 3. The zero-order valence-electron chi connectivity index (χ0n) is 11.0. The third-order valence-electron chi connectivity index (χ3n) is 3.03. The summed E-state index contributed by atoms with van der Waals surface area (Å²) in [5.74, 6) is 0. The smallest absolute Gasteiger partial charge is 0.0670 e. The van der Waals surface area contributed by atoms with Crippen molar-refractivity contribution in [1.82, 2.24) is 0 Å². The lowest BCUT2D eigenvalue weighted by Crippen LogP contribution is -2.01. The fourth-order valence-electron chi connectivity index (χ4n) is 1.86. The van der Waals surface area contributed by atoms with Crippen LogP contribution in [0, 0.1) is 18.3 Å². The molecule has 0 fully saturated rings. The number of rotatable bonds is 4. The van der Waals surface area contributed by atoms with Crippen LogP contribution in [0.3, 0.4) is 0 Å². The molecule has 2 aromatic rings. The minimum absolute atomic E-state index is 0.339. The molecule has 0 aliphatic heterocycles. The van der Waals surface area contributed by atoms with Crippen molar-refractivity contribution in [2.45, 2.75) is 19.9 Å². The molecule has 0 spiro atoms. The van der Waals surface area contributed by atoms with Crippen molar-refractivity contribution in [2.24, 2.45) is 0 Å². The van der Waals surface area contributed by atoms with Gasteiger partial charge in [-0.15, -0.1) is 0 Å². The first kappa shape index (κ1) is 13.0. The van der Waals surface area contributed by atoms with Crippen LogP contribution >= 0.6 is 0 Å². The minimum atomic E-state index is 0.339. The molecule has 0 radical (unpaired) electrons. The van der Waals surface area contributed by atoms with Crippen LogP contribution in [0.2, 0.25) is 0 Å². The van der Waals surface area contributed by atoms with Gasteiger partial charge in [-0.05, 0) is 36.2 Å². The summed E-state index contributed by atoms with van der Waals surface area (Å²) in [6.07, 6.45) is 0.339. The van der Waals surface area contributed by atoms with Crippen LogP contribution in [-0.2, 0) is 13.0 Å². The fraction of sp³-hybridized carbons (Fsp3) is 0.188. The first-order chi connectivity index (χ1) is 9.19. The predicted molar refractivity (Wildman–Crippen MR) is 78.7 cm³/mol. The Kier molecular flexibility index (Phi) is 4.04. The average Bonchev–Trinajstić information content (AvgIpc) is 2.42. The summed E-state index contributed by atoms with van der Waals surface area (Å²) in [5, 5.41) is 12.1. The molecule has 2 aromatic carbocycles. The lowest BCUT2D eigenvalue weighted by molar-refractivity contribution is 1.14. The van der Waals surface area contributed by atoms with Gasteiger partial charge in [0.15, 0.2) is 0 Å². The number of nitriles is 1. The lowest BCUT2D eigenvalue weighted by atomic mass is 10.1. The summed E-state index contributed by atoms with van der Waals surface area (Å²) >= 11 is 0. The third kappa shape index (κ3) is 3.49. The largest absolute Gasteiger partial charge is 0.398 e. The average molecular weight is 251 g/mol. The molecule has 0 heterocycles. The highest BCUT2D eigenvalue weighted by molar-refractivity contribution is 5.58. The molecule has 0 aliphatic rings. The molecule has 3 N–H and O–H groups in total. The van der Waals surface area contributed by atoms with Crippen molar-refractivity contribution in [1.29, 1.82) is 5.26 Å². The van der Waals surface area contributed by atoms with E-state index in [4.69, 9.17) is 11.0 Å². The van der Waals surface area contributed by atoms with Crippen LogP contribution in [0.1, 0.15) is 16.7 Å². The molecular formula is C16H17N3. The van der Waals surface area contributed by atoms with Gasteiger partial charge in [-0.3, -0.25) is 0 Å². The van der Waals surface area contributed by atoms with Gasteiger partial charge in [-0.1, -0.05) is 29.8 Å². The molecular weight excluding hydrogens is 234 g/mol. The first-order valence-electron chi connectivity index (χ1n) is 6.24. The Balaban J connectivity index is 2.05. The number of nitrogens with two attached hydrogens (primary N) is 1. The van der Waals surface area contributed by atoms with Crippen molar-refractivity contribution in [3.63, 3.8) is 0 Å². The number of nitrogen functional groups attached to an aromatic ring is 1. The van der Waals surface area contributed by atoms with Gasteiger partial charge in [0.2, 0.25) is 0 Å². The summed E-state index contributed by atoms with van der Waals surface area (Å²) in [6, 6.07) is 16.2. The van der Waals surface area contributed by atoms with Gasteiger partial charge >= 0.3 is 0 Å². The van der Waals surface area contributed by atoms with Crippen LogP contribution in [0.4, 0.5) is 11.4 Å². The molecule has 0 bridgehead atoms. The molecule has 0 amide bonds. The predicted octanol–water partition coefficient (Wildman–Crippen LogP) is 3.26. The van der Waals surface area contributed by atoms with Crippen molar-refractivity contribution < 1.29 is 0 Å². The molecule has 19 heavy (non-hydrogen) atoms. The zero-order valence-corrected chi connectivity index (χ0v) is 11.0. The van der Waals surface area contributed by atoms with E-state index in [1.165, 1.54) is 11.1 Å². The quantitative estimate of drug-likeness (QED) is 0.820. The number of aryl methyl sites for hydroxylation is 1. The number of benzene rings is 2. The minimum Gasteiger partial charge on any atom is -0.398 e. The van der Waals surface area contributed by atoms with E-state index in [1.807, 2.05) is 18.2 Å². The molecule has 3 nitrogen and oxygen atoms in total. The second-order valence-corrected chi connectivity index (χ2v) is 4.59. The Morgan fingerprint density at radius 2 is 1.89 bits per heavy atom. The number of nitrogens with zero attached hydrogens (tertiary/aromatic N) is 1. The van der Waals surface area contributed by atoms with Crippen LogP contribution in [0.5, 0.6) is 0 Å². The van der Waals surface area contributed by atoms with Crippen molar-refractivity contribution in [3.05, 3.63) is 59.2 Å². The zero-order chi connectivity index (χ0) is 13.7. The molecule has 0 unspecified atom stereocenters. The van der Waals surface area contributed by atoms with Gasteiger partial charge in [0.25, 0.3) is 0 Å². The molecule has 96 valence electrons. The van der Waals surface area contributed by atoms with E-state index < -0.39 is 0 Å². The van der Waals surface area contributed by atoms with Gasteiger partial charge in [0.1, 0.15) is 0 Å². The first-order valence-corrected chi connectivity index (χ1v) is 6.24. The van der Waals surface area contributed by atoms with Crippen molar-refractivity contribution in [2.75, 3.05) is 11.1 Å². The van der Waals surface area contributed by atoms with Crippen molar-refractivity contribution in [3.8, 4) is 6.07 Å². The maximum absolute atomic E-state index is 8.74. The Bertz CT molecular complexity index is 594. The number of nitrogens with one attached hydrogen (secondary N) is 1. The van der Waals surface area contributed by atoms with Crippen LogP contribution < -0.4 is 11.1 Å². The topological polar surface area (TPSA) is 61.8 Å². The monoisotopic (exact) mass is 251 g/mol. The number of hydrogen-bond donors (Lipinski definition) is 2. The van der Waals surface area contributed by atoms with E-state index in [0.717, 1.165) is 17.8 Å². The molecule has 3 heteroatoms. The highest BCUT2D eigenvalue weighted by atomic mass is 14.9. The highest BCUT2D eigenvalue weighted by Crippen LogP contribution is 2.19. The van der Waals surface area contributed by atoms with Gasteiger partial charge in [0, 0.05) is 17.9 Å². The summed E-state index contributed by atoms with van der Waals surface area (Å²) in [7, 11) is 0. The Morgan fingerprint density at radius 3 is 2.58 bits per heavy atom. The maximum atomic E-state index is 8.74. The van der Waals surface area contributed by atoms with E-state index in [-0.39, 0.29) is 0 Å². The van der Waals surface area contributed by atoms with E-state index in [2.05, 4.69) is 42.6 Å². The van der Waals surface area contributed by atoms with Crippen LogP contribution in [0.25, 0.3) is 0 Å². The molecule has 0 atom stereocenters. The van der Waals surface area contributed by atoms with Crippen molar-refractivity contribution >= 4 is 11.4 Å². The SMILES string of the molecule is Cc1ccc(CNc2ccc(N)c(CC#N)c2)cc1. The maximum Gasteiger partial charge on any atom is 0.0670 e. The third-order valence-corrected chi connectivity index (χ3v) is 3.03. The molecule has 2 rings (SSSR count). The highest BCUT2D eigenvalue weighted by Gasteiger charge is 2.01. The summed E-state index contributed by atoms with van der Waals surface area (Å²) in [6.45, 7) is 2.83. The Morgan fingerprint density at radius 1 is 1.16 bits per heavy atom. The van der Waals surface area contributed by atoms with Gasteiger partial charge < -0.3 is 11.1 Å².